The molecule has 0 bridgehead atoms. The van der Waals surface area contributed by atoms with Crippen molar-refractivity contribution in [3.05, 3.63) is 23.8 Å². The van der Waals surface area contributed by atoms with Gasteiger partial charge in [-0.3, -0.25) is 9.52 Å². The van der Waals surface area contributed by atoms with Crippen molar-refractivity contribution in [1.29, 1.82) is 0 Å². The van der Waals surface area contributed by atoms with Crippen LogP contribution in [0.4, 0.5) is 11.4 Å². The first-order valence-electron chi connectivity index (χ1n) is 9.00. The van der Waals surface area contributed by atoms with E-state index in [1.165, 1.54) is 0 Å². The largest absolute Gasteiger partial charge is 0.312 e. The number of carbonyl (C=O) groups excluding carboxylic acids is 1. The van der Waals surface area contributed by atoms with Gasteiger partial charge >= 0.3 is 0 Å². The van der Waals surface area contributed by atoms with E-state index in [-0.39, 0.29) is 17.1 Å². The fraction of sp³-hybridized carbons (Fsp3) is 0.611. The van der Waals surface area contributed by atoms with Crippen molar-refractivity contribution in [2.45, 2.75) is 56.6 Å². The van der Waals surface area contributed by atoms with E-state index in [1.54, 1.807) is 0 Å². The molecule has 4 rings (SSSR count). The number of sulfonamides is 1. The number of nitrogens with zero attached hydrogens (tertiary/aromatic N) is 1. The number of rotatable bonds is 4. The van der Waals surface area contributed by atoms with Crippen LogP contribution < -0.4 is 9.62 Å². The highest BCUT2D eigenvalue weighted by Gasteiger charge is 2.36. The molecule has 0 spiro atoms. The lowest BCUT2D eigenvalue weighted by Gasteiger charge is -2.30. The molecule has 1 aromatic carbocycles. The molecule has 5 nitrogen and oxygen atoms in total. The highest BCUT2D eigenvalue weighted by molar-refractivity contribution is 7.93. The monoisotopic (exact) mass is 348 g/mol. The Labute approximate surface area is 143 Å². The van der Waals surface area contributed by atoms with E-state index >= 15 is 0 Å². The summed E-state index contributed by atoms with van der Waals surface area (Å²) in [4.78, 5) is 14.4. The van der Waals surface area contributed by atoms with Crippen LogP contribution in [0.5, 0.6) is 0 Å². The summed E-state index contributed by atoms with van der Waals surface area (Å²) in [5.74, 6) is 0.376. The van der Waals surface area contributed by atoms with Crippen LogP contribution in [0.25, 0.3) is 0 Å². The van der Waals surface area contributed by atoms with Gasteiger partial charge in [0.25, 0.3) is 0 Å². The summed E-state index contributed by atoms with van der Waals surface area (Å²) < 4.78 is 27.8. The van der Waals surface area contributed by atoms with Gasteiger partial charge in [0, 0.05) is 18.2 Å². The molecule has 0 atom stereocenters. The average molecular weight is 348 g/mol. The maximum Gasteiger partial charge on any atom is 0.235 e. The zero-order chi connectivity index (χ0) is 16.7. The Hall–Kier alpha value is -1.56. The van der Waals surface area contributed by atoms with Crippen LogP contribution in [-0.2, 0) is 21.2 Å². The van der Waals surface area contributed by atoms with Gasteiger partial charge in [0.05, 0.1) is 10.9 Å². The molecule has 1 heterocycles. The van der Waals surface area contributed by atoms with Crippen molar-refractivity contribution in [2.75, 3.05) is 16.2 Å². The van der Waals surface area contributed by atoms with Gasteiger partial charge in [-0.25, -0.2) is 8.42 Å². The molecule has 2 saturated carbocycles. The zero-order valence-corrected chi connectivity index (χ0v) is 14.6. The molecular weight excluding hydrogens is 324 g/mol. The number of hydrogen-bond donors (Lipinski definition) is 1. The zero-order valence-electron chi connectivity index (χ0n) is 13.8. The maximum absolute atomic E-state index is 12.5. The Morgan fingerprint density at radius 1 is 1.08 bits per heavy atom. The summed E-state index contributed by atoms with van der Waals surface area (Å²) in [5, 5.41) is -0.280. The van der Waals surface area contributed by atoms with Crippen LogP contribution in [0, 0.1) is 5.92 Å². The van der Waals surface area contributed by atoms with E-state index in [2.05, 4.69) is 4.72 Å². The molecule has 2 fully saturated rings. The Morgan fingerprint density at radius 2 is 1.83 bits per heavy atom. The van der Waals surface area contributed by atoms with Crippen LogP contribution in [-0.4, -0.2) is 26.1 Å². The van der Waals surface area contributed by atoms with Crippen molar-refractivity contribution in [2.24, 2.45) is 5.92 Å². The lowest BCUT2D eigenvalue weighted by molar-refractivity contribution is -0.119. The second-order valence-electron chi connectivity index (χ2n) is 7.26. The maximum atomic E-state index is 12.5. The summed E-state index contributed by atoms with van der Waals surface area (Å²) in [6.07, 6.45) is 7.34. The number of carbonyl (C=O) groups is 1. The second kappa shape index (κ2) is 6.06. The van der Waals surface area contributed by atoms with Gasteiger partial charge in [0.2, 0.25) is 15.9 Å². The Morgan fingerprint density at radius 3 is 2.54 bits per heavy atom. The van der Waals surface area contributed by atoms with Crippen LogP contribution in [0.3, 0.4) is 0 Å². The third-order valence-corrected chi connectivity index (χ3v) is 7.27. The minimum absolute atomic E-state index is 0.176. The van der Waals surface area contributed by atoms with Gasteiger partial charge in [-0.1, -0.05) is 18.9 Å². The highest BCUT2D eigenvalue weighted by Crippen LogP contribution is 2.37. The van der Waals surface area contributed by atoms with Gasteiger partial charge < -0.3 is 4.90 Å². The molecule has 0 saturated heterocycles. The van der Waals surface area contributed by atoms with E-state index < -0.39 is 10.0 Å². The number of hydrogen-bond acceptors (Lipinski definition) is 3. The van der Waals surface area contributed by atoms with Gasteiger partial charge in [0.15, 0.2) is 0 Å². The Kier molecular flexibility index (Phi) is 4.03. The van der Waals surface area contributed by atoms with E-state index in [9.17, 15) is 13.2 Å². The molecule has 1 aliphatic heterocycles. The average Bonchev–Trinajstić information content (AvgIpc) is 3.26. The quantitative estimate of drug-likeness (QED) is 0.909. The minimum Gasteiger partial charge on any atom is -0.312 e. The van der Waals surface area contributed by atoms with E-state index in [0.717, 1.165) is 69.2 Å². The summed E-state index contributed by atoms with van der Waals surface area (Å²) in [7, 11) is -3.33. The first-order valence-corrected chi connectivity index (χ1v) is 10.6. The SMILES string of the molecule is O=C(C1CC1)N1CCCc2ccc(NS(=O)(=O)C3CCCC3)cc21. The highest BCUT2D eigenvalue weighted by atomic mass is 32.2. The predicted molar refractivity (Wildman–Crippen MR) is 94.6 cm³/mol. The van der Waals surface area contributed by atoms with Crippen molar-refractivity contribution >= 4 is 27.3 Å². The molecule has 130 valence electrons. The fourth-order valence-electron chi connectivity index (χ4n) is 3.86. The standard InChI is InChI=1S/C18H24N2O3S/c21-18(14-7-8-14)20-11-3-4-13-9-10-15(12-17(13)20)19-24(22,23)16-5-1-2-6-16/h9-10,12,14,16,19H,1-8,11H2. The molecule has 0 aromatic heterocycles. The van der Waals surface area contributed by atoms with Crippen LogP contribution in [0.1, 0.15) is 50.5 Å². The van der Waals surface area contributed by atoms with Crippen LogP contribution >= 0.6 is 0 Å². The number of aryl methyl sites for hydroxylation is 1. The van der Waals surface area contributed by atoms with Gasteiger partial charge in [-0.2, -0.15) is 0 Å². The molecular formula is C18H24N2O3S. The lowest BCUT2D eigenvalue weighted by Crippen LogP contribution is -2.36. The van der Waals surface area contributed by atoms with E-state index in [4.69, 9.17) is 0 Å². The first-order chi connectivity index (χ1) is 11.5. The topological polar surface area (TPSA) is 66.5 Å². The fourth-order valence-corrected chi connectivity index (χ4v) is 5.44. The van der Waals surface area contributed by atoms with Crippen molar-refractivity contribution < 1.29 is 13.2 Å². The number of nitrogens with one attached hydrogen (secondary N) is 1. The third-order valence-electron chi connectivity index (χ3n) is 5.40. The number of benzene rings is 1. The molecule has 1 amide bonds. The van der Waals surface area contributed by atoms with E-state index in [1.807, 2.05) is 23.1 Å². The second-order valence-corrected chi connectivity index (χ2v) is 9.23. The summed E-state index contributed by atoms with van der Waals surface area (Å²) in [5.41, 5.74) is 2.61. The summed E-state index contributed by atoms with van der Waals surface area (Å²) in [6.45, 7) is 0.737. The third kappa shape index (κ3) is 3.04. The van der Waals surface area contributed by atoms with Gasteiger partial charge in [-0.15, -0.1) is 0 Å². The molecule has 6 heteroatoms. The van der Waals surface area contributed by atoms with Gasteiger partial charge in [0.1, 0.15) is 0 Å². The molecule has 1 N–H and O–H groups in total. The van der Waals surface area contributed by atoms with Crippen LogP contribution in [0.2, 0.25) is 0 Å². The smallest absolute Gasteiger partial charge is 0.235 e. The first kappa shape index (κ1) is 15.9. The van der Waals surface area contributed by atoms with Crippen LogP contribution in [0.15, 0.2) is 18.2 Å². The Bertz CT molecular complexity index is 750. The number of anilines is 2. The van der Waals surface area contributed by atoms with Gasteiger partial charge in [-0.05, 0) is 56.2 Å². The summed E-state index contributed by atoms with van der Waals surface area (Å²) >= 11 is 0. The number of amides is 1. The predicted octanol–water partition coefficient (Wildman–Crippen LogP) is 3.06. The minimum atomic E-state index is -3.33. The summed E-state index contributed by atoms with van der Waals surface area (Å²) in [6, 6.07) is 5.64. The van der Waals surface area contributed by atoms with Crippen molar-refractivity contribution in [1.82, 2.24) is 0 Å². The normalized spacial score (nSPS) is 21.6. The lowest BCUT2D eigenvalue weighted by atomic mass is 10.0. The molecule has 0 unspecified atom stereocenters. The Balaban J connectivity index is 1.59. The van der Waals surface area contributed by atoms with Crippen molar-refractivity contribution in [3.63, 3.8) is 0 Å². The van der Waals surface area contributed by atoms with E-state index in [0.29, 0.717) is 5.69 Å². The molecule has 2 aliphatic carbocycles. The number of fused-ring (bicyclic) bond motifs is 1. The molecule has 3 aliphatic rings. The molecule has 0 radical (unpaired) electrons. The molecule has 1 aromatic rings. The van der Waals surface area contributed by atoms with Crippen molar-refractivity contribution in [3.8, 4) is 0 Å². The molecule has 24 heavy (non-hydrogen) atoms.